The Morgan fingerprint density at radius 2 is 1.84 bits per heavy atom. The molecule has 0 saturated carbocycles. The summed E-state index contributed by atoms with van der Waals surface area (Å²) < 4.78 is 5.34. The number of hydrogen-bond donors (Lipinski definition) is 4. The van der Waals surface area contributed by atoms with Crippen molar-refractivity contribution in [3.8, 4) is 0 Å². The number of amides is 3. The maximum atomic E-state index is 11.9. The Morgan fingerprint density at radius 1 is 1.21 bits per heavy atom. The summed E-state index contributed by atoms with van der Waals surface area (Å²) in [5.41, 5.74) is 6.20. The molecule has 0 spiro atoms. The number of ether oxygens (including phenoxy) is 1. The highest BCUT2D eigenvalue weighted by atomic mass is 16.5. The standard InChI is InChI=1S/C12H16N4O3/c13-12(18)16-9-3-1-8(2-4-9)15-11(17)10-7-14-5-6-19-10/h1-4,10,14H,5-7H2,(H,15,17)(H3,13,16,18). The van der Waals surface area contributed by atoms with Crippen molar-refractivity contribution in [1.82, 2.24) is 5.32 Å². The van der Waals surface area contributed by atoms with E-state index >= 15 is 0 Å². The van der Waals surface area contributed by atoms with Crippen molar-refractivity contribution in [3.05, 3.63) is 24.3 Å². The molecule has 1 saturated heterocycles. The normalized spacial score (nSPS) is 18.6. The molecule has 1 aromatic carbocycles. The molecule has 1 aromatic rings. The first-order valence-electron chi connectivity index (χ1n) is 5.95. The van der Waals surface area contributed by atoms with Crippen LogP contribution in [0.4, 0.5) is 16.2 Å². The van der Waals surface area contributed by atoms with Gasteiger partial charge in [0.2, 0.25) is 0 Å². The number of nitrogens with one attached hydrogen (secondary N) is 3. The first-order valence-corrected chi connectivity index (χ1v) is 5.95. The summed E-state index contributed by atoms with van der Waals surface area (Å²) in [5, 5.41) is 8.27. The van der Waals surface area contributed by atoms with Gasteiger partial charge in [0.1, 0.15) is 6.10 Å². The number of anilines is 2. The highest BCUT2D eigenvalue weighted by Crippen LogP contribution is 2.14. The first kappa shape index (κ1) is 13.3. The molecule has 3 amide bonds. The molecule has 1 atom stereocenters. The number of urea groups is 1. The van der Waals surface area contributed by atoms with E-state index < -0.39 is 12.1 Å². The monoisotopic (exact) mass is 264 g/mol. The van der Waals surface area contributed by atoms with Gasteiger partial charge in [-0.2, -0.15) is 0 Å². The summed E-state index contributed by atoms with van der Waals surface area (Å²) in [7, 11) is 0. The first-order chi connectivity index (χ1) is 9.15. The van der Waals surface area contributed by atoms with E-state index in [0.717, 1.165) is 6.54 Å². The molecule has 1 unspecified atom stereocenters. The van der Waals surface area contributed by atoms with Crippen LogP contribution in [0.5, 0.6) is 0 Å². The maximum absolute atomic E-state index is 11.9. The predicted molar refractivity (Wildman–Crippen MR) is 70.9 cm³/mol. The number of benzene rings is 1. The van der Waals surface area contributed by atoms with E-state index in [4.69, 9.17) is 10.5 Å². The van der Waals surface area contributed by atoms with Crippen LogP contribution in [0.1, 0.15) is 0 Å². The van der Waals surface area contributed by atoms with E-state index in [9.17, 15) is 9.59 Å². The summed E-state index contributed by atoms with van der Waals surface area (Å²) in [6.45, 7) is 1.80. The number of carbonyl (C=O) groups is 2. The van der Waals surface area contributed by atoms with E-state index in [-0.39, 0.29) is 5.91 Å². The molecule has 7 nitrogen and oxygen atoms in total. The van der Waals surface area contributed by atoms with Gasteiger partial charge in [-0.05, 0) is 24.3 Å². The van der Waals surface area contributed by atoms with Crippen molar-refractivity contribution in [2.75, 3.05) is 30.3 Å². The van der Waals surface area contributed by atoms with E-state index in [0.29, 0.717) is 24.5 Å². The van der Waals surface area contributed by atoms with Gasteiger partial charge in [-0.3, -0.25) is 4.79 Å². The Labute approximate surface area is 110 Å². The highest BCUT2D eigenvalue weighted by molar-refractivity contribution is 5.95. The van der Waals surface area contributed by atoms with Crippen molar-refractivity contribution >= 4 is 23.3 Å². The second kappa shape index (κ2) is 6.17. The van der Waals surface area contributed by atoms with Gasteiger partial charge in [-0.1, -0.05) is 0 Å². The Kier molecular flexibility index (Phi) is 4.32. The fourth-order valence-electron chi connectivity index (χ4n) is 1.74. The molecule has 1 heterocycles. The number of rotatable bonds is 3. The molecule has 1 aliphatic rings. The summed E-state index contributed by atoms with van der Waals surface area (Å²) in [5.74, 6) is -0.192. The lowest BCUT2D eigenvalue weighted by atomic mass is 10.2. The van der Waals surface area contributed by atoms with Gasteiger partial charge in [0.25, 0.3) is 5.91 Å². The molecule has 0 aromatic heterocycles. The average Bonchev–Trinajstić information content (AvgIpc) is 2.41. The van der Waals surface area contributed by atoms with Gasteiger partial charge >= 0.3 is 6.03 Å². The van der Waals surface area contributed by atoms with Gasteiger partial charge < -0.3 is 26.4 Å². The molecule has 0 radical (unpaired) electrons. The number of carbonyl (C=O) groups excluding carboxylic acids is 2. The zero-order valence-corrected chi connectivity index (χ0v) is 10.3. The van der Waals surface area contributed by atoms with Gasteiger partial charge in [-0.15, -0.1) is 0 Å². The lowest BCUT2D eigenvalue weighted by Crippen LogP contribution is -2.45. The smallest absolute Gasteiger partial charge is 0.316 e. The van der Waals surface area contributed by atoms with Crippen LogP contribution >= 0.6 is 0 Å². The molecule has 5 N–H and O–H groups in total. The fraction of sp³-hybridized carbons (Fsp3) is 0.333. The molecule has 2 rings (SSSR count). The minimum absolute atomic E-state index is 0.192. The summed E-state index contributed by atoms with van der Waals surface area (Å²) in [6, 6.07) is 6.04. The summed E-state index contributed by atoms with van der Waals surface area (Å²) in [4.78, 5) is 22.5. The summed E-state index contributed by atoms with van der Waals surface area (Å²) >= 11 is 0. The second-order valence-electron chi connectivity index (χ2n) is 4.12. The number of morpholine rings is 1. The van der Waals surface area contributed by atoms with Gasteiger partial charge in [0, 0.05) is 24.5 Å². The van der Waals surface area contributed by atoms with Crippen LogP contribution in [-0.4, -0.2) is 37.7 Å². The van der Waals surface area contributed by atoms with Crippen LogP contribution in [0.2, 0.25) is 0 Å². The minimum atomic E-state index is -0.626. The van der Waals surface area contributed by atoms with Crippen LogP contribution in [0.25, 0.3) is 0 Å². The van der Waals surface area contributed by atoms with E-state index in [2.05, 4.69) is 16.0 Å². The number of hydrogen-bond acceptors (Lipinski definition) is 4. The second-order valence-corrected chi connectivity index (χ2v) is 4.12. The lowest BCUT2D eigenvalue weighted by Gasteiger charge is -2.22. The molecule has 0 bridgehead atoms. The Bertz CT molecular complexity index is 455. The van der Waals surface area contributed by atoms with Crippen molar-refractivity contribution in [1.29, 1.82) is 0 Å². The van der Waals surface area contributed by atoms with E-state index in [1.807, 2.05) is 0 Å². The van der Waals surface area contributed by atoms with Crippen molar-refractivity contribution in [2.45, 2.75) is 6.10 Å². The molecule has 0 aliphatic carbocycles. The third-order valence-corrected chi connectivity index (χ3v) is 2.64. The third-order valence-electron chi connectivity index (χ3n) is 2.64. The topological polar surface area (TPSA) is 105 Å². The largest absolute Gasteiger partial charge is 0.366 e. The predicted octanol–water partition coefficient (Wildman–Crippen LogP) is 0.104. The molecule has 1 aliphatic heterocycles. The van der Waals surface area contributed by atoms with Crippen molar-refractivity contribution in [2.24, 2.45) is 5.73 Å². The molecule has 19 heavy (non-hydrogen) atoms. The van der Waals surface area contributed by atoms with Gasteiger partial charge in [0.15, 0.2) is 0 Å². The van der Waals surface area contributed by atoms with Crippen molar-refractivity contribution < 1.29 is 14.3 Å². The van der Waals surface area contributed by atoms with Crippen LogP contribution in [-0.2, 0) is 9.53 Å². The molecule has 7 heteroatoms. The Morgan fingerprint density at radius 3 is 2.37 bits per heavy atom. The Balaban J connectivity index is 1.91. The highest BCUT2D eigenvalue weighted by Gasteiger charge is 2.21. The van der Waals surface area contributed by atoms with Gasteiger partial charge in [-0.25, -0.2) is 4.79 Å². The molecular weight excluding hydrogens is 248 g/mol. The van der Waals surface area contributed by atoms with Crippen molar-refractivity contribution in [3.63, 3.8) is 0 Å². The van der Waals surface area contributed by atoms with Crippen LogP contribution < -0.4 is 21.7 Å². The van der Waals surface area contributed by atoms with E-state index in [1.165, 1.54) is 0 Å². The lowest BCUT2D eigenvalue weighted by molar-refractivity contribution is -0.128. The zero-order valence-electron chi connectivity index (χ0n) is 10.3. The quantitative estimate of drug-likeness (QED) is 0.621. The van der Waals surface area contributed by atoms with Crippen LogP contribution in [0.3, 0.4) is 0 Å². The number of nitrogens with two attached hydrogens (primary N) is 1. The third kappa shape index (κ3) is 3.94. The van der Waals surface area contributed by atoms with Crippen LogP contribution in [0.15, 0.2) is 24.3 Å². The average molecular weight is 264 g/mol. The van der Waals surface area contributed by atoms with E-state index in [1.54, 1.807) is 24.3 Å². The zero-order chi connectivity index (χ0) is 13.7. The Hall–Kier alpha value is -2.12. The molecule has 1 fully saturated rings. The molecular formula is C12H16N4O3. The SMILES string of the molecule is NC(=O)Nc1ccc(NC(=O)C2CNCCO2)cc1. The van der Waals surface area contributed by atoms with Gasteiger partial charge in [0.05, 0.1) is 6.61 Å². The molecule has 102 valence electrons. The maximum Gasteiger partial charge on any atom is 0.316 e. The summed E-state index contributed by atoms with van der Waals surface area (Å²) in [6.07, 6.45) is -0.475. The minimum Gasteiger partial charge on any atom is -0.366 e. The van der Waals surface area contributed by atoms with Crippen LogP contribution in [0, 0.1) is 0 Å². The fourth-order valence-corrected chi connectivity index (χ4v) is 1.74. The number of primary amides is 1.